The molecular formula is C17H25N5O3. The lowest BCUT2D eigenvalue weighted by atomic mass is 10.0. The molecule has 136 valence electrons. The van der Waals surface area contributed by atoms with Gasteiger partial charge < -0.3 is 20.7 Å². The number of likely N-dealkylation sites (tertiary alicyclic amines) is 1. The van der Waals surface area contributed by atoms with Gasteiger partial charge in [-0.15, -0.1) is 0 Å². The maximum Gasteiger partial charge on any atom is 0.255 e. The summed E-state index contributed by atoms with van der Waals surface area (Å²) in [4.78, 5) is 31.9. The molecule has 1 aromatic heterocycles. The predicted molar refractivity (Wildman–Crippen MR) is 93.2 cm³/mol. The molecule has 0 spiro atoms. The van der Waals surface area contributed by atoms with E-state index in [1.165, 1.54) is 0 Å². The molecule has 2 amide bonds. The van der Waals surface area contributed by atoms with Gasteiger partial charge in [0, 0.05) is 38.4 Å². The topological polar surface area (TPSA) is 101 Å². The van der Waals surface area contributed by atoms with Crippen LogP contribution in [0.2, 0.25) is 0 Å². The number of amides is 2. The molecule has 0 bridgehead atoms. The van der Waals surface area contributed by atoms with Gasteiger partial charge in [0.1, 0.15) is 5.82 Å². The fraction of sp³-hybridized carbons (Fsp3) is 0.588. The van der Waals surface area contributed by atoms with E-state index in [4.69, 9.17) is 10.5 Å². The minimum absolute atomic E-state index is 0.00868. The molecule has 8 heteroatoms. The van der Waals surface area contributed by atoms with Crippen molar-refractivity contribution in [2.24, 2.45) is 5.73 Å². The zero-order valence-corrected chi connectivity index (χ0v) is 14.3. The van der Waals surface area contributed by atoms with Crippen molar-refractivity contribution in [1.82, 2.24) is 14.8 Å². The molecule has 0 atom stereocenters. The van der Waals surface area contributed by atoms with Crippen LogP contribution in [0, 0.1) is 0 Å². The van der Waals surface area contributed by atoms with E-state index in [0.29, 0.717) is 17.4 Å². The first-order valence-electron chi connectivity index (χ1n) is 8.73. The molecule has 2 fully saturated rings. The Morgan fingerprint density at radius 2 is 1.92 bits per heavy atom. The molecule has 0 unspecified atom stereocenters. The number of hydrogen-bond donors (Lipinski definition) is 2. The highest BCUT2D eigenvalue weighted by Gasteiger charge is 2.28. The number of nitrogens with two attached hydrogens (primary N) is 1. The summed E-state index contributed by atoms with van der Waals surface area (Å²) < 4.78 is 5.40. The summed E-state index contributed by atoms with van der Waals surface area (Å²) in [6.45, 7) is 5.15. The van der Waals surface area contributed by atoms with Crippen LogP contribution in [-0.2, 0) is 9.53 Å². The number of primary amides is 1. The van der Waals surface area contributed by atoms with E-state index in [-0.39, 0.29) is 12.5 Å². The maximum absolute atomic E-state index is 12.6. The van der Waals surface area contributed by atoms with Gasteiger partial charge in [-0.05, 0) is 25.0 Å². The van der Waals surface area contributed by atoms with Crippen molar-refractivity contribution < 1.29 is 14.3 Å². The lowest BCUT2D eigenvalue weighted by Crippen LogP contribution is -2.50. The largest absolute Gasteiger partial charge is 0.379 e. The average Bonchev–Trinajstić information content (AvgIpc) is 2.67. The van der Waals surface area contributed by atoms with E-state index in [2.05, 4.69) is 15.2 Å². The second-order valence-corrected chi connectivity index (χ2v) is 6.42. The van der Waals surface area contributed by atoms with E-state index in [0.717, 1.165) is 52.2 Å². The van der Waals surface area contributed by atoms with E-state index in [1.807, 2.05) is 4.90 Å². The summed E-state index contributed by atoms with van der Waals surface area (Å²) in [5, 5.41) is 2.81. The molecule has 3 N–H and O–H groups in total. The predicted octanol–water partition coefficient (Wildman–Crippen LogP) is -0.0844. The molecule has 0 aromatic carbocycles. The minimum atomic E-state index is -0.454. The van der Waals surface area contributed by atoms with Crippen molar-refractivity contribution >= 4 is 17.6 Å². The first-order valence-corrected chi connectivity index (χ1v) is 8.73. The number of hydrogen-bond acceptors (Lipinski definition) is 6. The van der Waals surface area contributed by atoms with Gasteiger partial charge in [0.05, 0.1) is 25.3 Å². The number of nitrogens with zero attached hydrogens (tertiary/aromatic N) is 3. The van der Waals surface area contributed by atoms with Crippen LogP contribution in [0.15, 0.2) is 18.3 Å². The number of nitrogens with one attached hydrogen (secondary N) is 1. The van der Waals surface area contributed by atoms with Crippen LogP contribution >= 0.6 is 0 Å². The first-order chi connectivity index (χ1) is 12.1. The quantitative estimate of drug-likeness (QED) is 0.772. The molecule has 0 radical (unpaired) electrons. The zero-order valence-electron chi connectivity index (χ0n) is 14.3. The van der Waals surface area contributed by atoms with Crippen LogP contribution < -0.4 is 11.1 Å². The fourth-order valence-electron chi connectivity index (χ4n) is 3.36. The van der Waals surface area contributed by atoms with Gasteiger partial charge in [0.25, 0.3) is 5.91 Å². The first kappa shape index (κ1) is 17.6. The molecular weight excluding hydrogens is 322 g/mol. The number of aromatic nitrogens is 1. The summed E-state index contributed by atoms with van der Waals surface area (Å²) in [5.41, 5.74) is 5.64. The Morgan fingerprint density at radius 1 is 1.20 bits per heavy atom. The van der Waals surface area contributed by atoms with Crippen LogP contribution in [0.4, 0.5) is 5.82 Å². The second-order valence-electron chi connectivity index (χ2n) is 6.42. The van der Waals surface area contributed by atoms with Crippen molar-refractivity contribution in [3.8, 4) is 0 Å². The number of pyridine rings is 1. The maximum atomic E-state index is 12.6. The van der Waals surface area contributed by atoms with Crippen LogP contribution in [0.25, 0.3) is 0 Å². The Labute approximate surface area is 147 Å². The van der Waals surface area contributed by atoms with Crippen LogP contribution in [0.3, 0.4) is 0 Å². The number of morpholine rings is 1. The Morgan fingerprint density at radius 3 is 2.52 bits per heavy atom. The van der Waals surface area contributed by atoms with Gasteiger partial charge in [-0.3, -0.25) is 14.5 Å². The van der Waals surface area contributed by atoms with Crippen molar-refractivity contribution in [1.29, 1.82) is 0 Å². The van der Waals surface area contributed by atoms with Crippen LogP contribution in [0.5, 0.6) is 0 Å². The molecule has 2 saturated heterocycles. The molecule has 25 heavy (non-hydrogen) atoms. The molecule has 3 heterocycles. The van der Waals surface area contributed by atoms with Gasteiger partial charge in [0.2, 0.25) is 5.91 Å². The van der Waals surface area contributed by atoms with Crippen molar-refractivity contribution in [3.05, 3.63) is 23.9 Å². The van der Waals surface area contributed by atoms with Gasteiger partial charge in [-0.2, -0.15) is 0 Å². The normalized spacial score (nSPS) is 19.6. The van der Waals surface area contributed by atoms with Gasteiger partial charge >= 0.3 is 0 Å². The molecule has 0 saturated carbocycles. The number of rotatable bonds is 5. The highest BCUT2D eigenvalue weighted by Crippen LogP contribution is 2.19. The van der Waals surface area contributed by atoms with Gasteiger partial charge in [0.15, 0.2) is 0 Å². The van der Waals surface area contributed by atoms with Crippen molar-refractivity contribution in [2.75, 3.05) is 51.3 Å². The lowest BCUT2D eigenvalue weighted by Gasteiger charge is -2.40. The molecule has 2 aliphatic rings. The average molecular weight is 347 g/mol. The Hall–Kier alpha value is -2.19. The number of carbonyl (C=O) groups is 2. The summed E-state index contributed by atoms with van der Waals surface area (Å²) in [5.74, 6) is 0.0841. The highest BCUT2D eigenvalue weighted by atomic mass is 16.5. The summed E-state index contributed by atoms with van der Waals surface area (Å²) in [7, 11) is 0. The number of piperidine rings is 1. The third-order valence-electron chi connectivity index (χ3n) is 4.77. The SMILES string of the molecule is NC(=O)CNc1ccc(C(=O)N2CCC(N3CCOCC3)CC2)cn1. The van der Waals surface area contributed by atoms with Gasteiger partial charge in [-0.1, -0.05) is 0 Å². The Bertz CT molecular complexity index is 593. The van der Waals surface area contributed by atoms with E-state index >= 15 is 0 Å². The Kier molecular flexibility index (Phi) is 5.83. The molecule has 0 aliphatic carbocycles. The van der Waals surface area contributed by atoms with Gasteiger partial charge in [-0.25, -0.2) is 4.98 Å². The Balaban J connectivity index is 1.51. The highest BCUT2D eigenvalue weighted by molar-refractivity contribution is 5.94. The molecule has 3 rings (SSSR count). The van der Waals surface area contributed by atoms with Crippen LogP contribution in [-0.4, -0.2) is 78.6 Å². The summed E-state index contributed by atoms with van der Waals surface area (Å²) in [6.07, 6.45) is 3.54. The number of carbonyl (C=O) groups excluding carboxylic acids is 2. The third-order valence-corrected chi connectivity index (χ3v) is 4.77. The zero-order chi connectivity index (χ0) is 17.6. The molecule has 8 nitrogen and oxygen atoms in total. The van der Waals surface area contributed by atoms with E-state index < -0.39 is 5.91 Å². The lowest BCUT2D eigenvalue weighted by molar-refractivity contribution is -0.116. The van der Waals surface area contributed by atoms with Crippen molar-refractivity contribution in [3.63, 3.8) is 0 Å². The number of anilines is 1. The molecule has 2 aliphatic heterocycles. The van der Waals surface area contributed by atoms with Crippen LogP contribution in [0.1, 0.15) is 23.2 Å². The standard InChI is InChI=1S/C17H25N5O3/c18-15(23)12-20-16-2-1-13(11-19-16)17(24)22-5-3-14(4-6-22)21-7-9-25-10-8-21/h1-2,11,14H,3-10,12H2,(H2,18,23)(H,19,20). The summed E-state index contributed by atoms with van der Waals surface area (Å²) >= 11 is 0. The smallest absolute Gasteiger partial charge is 0.255 e. The second kappa shape index (κ2) is 8.26. The summed E-state index contributed by atoms with van der Waals surface area (Å²) in [6, 6.07) is 3.97. The monoisotopic (exact) mass is 347 g/mol. The third kappa shape index (κ3) is 4.67. The minimum Gasteiger partial charge on any atom is -0.379 e. The van der Waals surface area contributed by atoms with E-state index in [9.17, 15) is 9.59 Å². The van der Waals surface area contributed by atoms with E-state index in [1.54, 1.807) is 18.3 Å². The molecule has 1 aromatic rings. The van der Waals surface area contributed by atoms with Crippen molar-refractivity contribution in [2.45, 2.75) is 18.9 Å². The fourth-order valence-corrected chi connectivity index (χ4v) is 3.36. The number of ether oxygens (including phenoxy) is 1.